The van der Waals surface area contributed by atoms with E-state index in [-0.39, 0.29) is 11.8 Å². The van der Waals surface area contributed by atoms with Crippen molar-refractivity contribution < 1.29 is 9.53 Å². The van der Waals surface area contributed by atoms with Gasteiger partial charge in [0.15, 0.2) is 5.78 Å². The highest BCUT2D eigenvalue weighted by molar-refractivity contribution is 7.98. The Labute approximate surface area is 119 Å². The molecule has 106 valence electrons. The number of ether oxygens (including phenoxy) is 1. The molecule has 0 heterocycles. The highest BCUT2D eigenvalue weighted by Gasteiger charge is 2.08. The third kappa shape index (κ3) is 5.66. The van der Waals surface area contributed by atoms with Gasteiger partial charge in [-0.3, -0.25) is 4.79 Å². The van der Waals surface area contributed by atoms with Crippen LogP contribution in [0.3, 0.4) is 0 Å². The van der Waals surface area contributed by atoms with E-state index in [2.05, 4.69) is 0 Å². The van der Waals surface area contributed by atoms with Crippen molar-refractivity contribution in [3.05, 3.63) is 29.3 Å². The fourth-order valence-corrected chi connectivity index (χ4v) is 2.79. The van der Waals surface area contributed by atoms with Crippen molar-refractivity contribution in [3.8, 4) is 5.75 Å². The van der Waals surface area contributed by atoms with Crippen LogP contribution in [0.25, 0.3) is 0 Å². The zero-order valence-electron chi connectivity index (χ0n) is 11.9. The van der Waals surface area contributed by atoms with Crippen molar-refractivity contribution in [2.45, 2.75) is 39.0 Å². The third-order valence-corrected chi connectivity index (χ3v) is 3.78. The molecule has 1 aromatic rings. The Kier molecular flexibility index (Phi) is 6.95. The van der Waals surface area contributed by atoms with E-state index >= 15 is 0 Å². The Morgan fingerprint density at radius 2 is 2.21 bits per heavy atom. The normalized spacial score (nSPS) is 12.2. The Morgan fingerprint density at radius 1 is 1.47 bits per heavy atom. The molecule has 0 spiro atoms. The molecule has 0 bridgehead atoms. The Hall–Kier alpha value is -1.00. The van der Waals surface area contributed by atoms with E-state index in [1.807, 2.05) is 43.8 Å². The van der Waals surface area contributed by atoms with Gasteiger partial charge >= 0.3 is 0 Å². The molecule has 1 unspecified atom stereocenters. The number of hydrogen-bond donors (Lipinski definition) is 1. The first-order valence-electron chi connectivity index (χ1n) is 6.64. The summed E-state index contributed by atoms with van der Waals surface area (Å²) in [5, 5.41) is 0. The summed E-state index contributed by atoms with van der Waals surface area (Å²) < 4.78 is 5.60. The van der Waals surface area contributed by atoms with Gasteiger partial charge in [0.1, 0.15) is 5.75 Å². The highest BCUT2D eigenvalue weighted by atomic mass is 32.2. The van der Waals surface area contributed by atoms with Gasteiger partial charge in [-0.2, -0.15) is 11.8 Å². The summed E-state index contributed by atoms with van der Waals surface area (Å²) in [5.74, 6) is 2.84. The van der Waals surface area contributed by atoms with Gasteiger partial charge in [-0.05, 0) is 51.1 Å². The average Bonchev–Trinajstić information content (AvgIpc) is 2.36. The van der Waals surface area contributed by atoms with E-state index in [4.69, 9.17) is 10.5 Å². The third-order valence-electron chi connectivity index (χ3n) is 2.74. The molecule has 0 radical (unpaired) electrons. The fraction of sp³-hybridized carbons (Fsp3) is 0.533. The molecule has 19 heavy (non-hydrogen) atoms. The predicted molar refractivity (Wildman–Crippen MR) is 82.0 cm³/mol. The van der Waals surface area contributed by atoms with Gasteiger partial charge in [0, 0.05) is 22.9 Å². The van der Waals surface area contributed by atoms with Crippen LogP contribution in [0.5, 0.6) is 5.75 Å². The molecule has 0 fully saturated rings. The van der Waals surface area contributed by atoms with Crippen molar-refractivity contribution in [3.63, 3.8) is 0 Å². The molecule has 4 heteroatoms. The lowest BCUT2D eigenvalue weighted by Crippen LogP contribution is -2.15. The molecular formula is C15H23NO2S. The molecule has 0 amide bonds. The first-order valence-corrected chi connectivity index (χ1v) is 7.80. The van der Waals surface area contributed by atoms with Crippen LogP contribution in [0.15, 0.2) is 18.2 Å². The average molecular weight is 281 g/mol. The number of hydrogen-bond acceptors (Lipinski definition) is 4. The van der Waals surface area contributed by atoms with Crippen molar-refractivity contribution in [2.75, 3.05) is 12.4 Å². The van der Waals surface area contributed by atoms with E-state index in [1.54, 1.807) is 6.92 Å². The minimum atomic E-state index is 0.0879. The number of Topliss-reactive ketones (excluding diaryl/α,β-unsaturated/α-hetero) is 1. The second-order valence-electron chi connectivity index (χ2n) is 4.63. The Morgan fingerprint density at radius 3 is 2.79 bits per heavy atom. The lowest BCUT2D eigenvalue weighted by molar-refractivity contribution is 0.101. The topological polar surface area (TPSA) is 52.3 Å². The lowest BCUT2D eigenvalue weighted by atomic mass is 10.1. The zero-order valence-corrected chi connectivity index (χ0v) is 12.8. The lowest BCUT2D eigenvalue weighted by Gasteiger charge is -2.11. The van der Waals surface area contributed by atoms with Crippen molar-refractivity contribution >= 4 is 17.5 Å². The predicted octanol–water partition coefficient (Wildman–Crippen LogP) is 3.26. The molecule has 0 aromatic heterocycles. The maximum absolute atomic E-state index is 11.4. The number of nitrogens with two attached hydrogens (primary N) is 1. The van der Waals surface area contributed by atoms with Gasteiger partial charge in [0.2, 0.25) is 0 Å². The van der Waals surface area contributed by atoms with E-state index in [0.717, 1.165) is 34.8 Å². The number of carbonyl (C=O) groups is 1. The molecule has 3 nitrogen and oxygen atoms in total. The molecule has 0 saturated heterocycles. The number of rotatable bonds is 8. The molecule has 1 aromatic carbocycles. The molecule has 0 aliphatic carbocycles. The van der Waals surface area contributed by atoms with Gasteiger partial charge in [-0.15, -0.1) is 0 Å². The van der Waals surface area contributed by atoms with Crippen LogP contribution in [0.4, 0.5) is 0 Å². The van der Waals surface area contributed by atoms with Gasteiger partial charge in [-0.1, -0.05) is 0 Å². The molecule has 2 N–H and O–H groups in total. The molecule has 0 aliphatic rings. The Bertz CT molecular complexity index is 419. The van der Waals surface area contributed by atoms with E-state index < -0.39 is 0 Å². The highest BCUT2D eigenvalue weighted by Crippen LogP contribution is 2.25. The number of carbonyl (C=O) groups excluding carboxylic acids is 1. The molecular weight excluding hydrogens is 258 g/mol. The minimum absolute atomic E-state index is 0.0879. The first-order chi connectivity index (χ1) is 9.04. The smallest absolute Gasteiger partial charge is 0.159 e. The van der Waals surface area contributed by atoms with Crippen LogP contribution in [-0.2, 0) is 5.75 Å². The van der Waals surface area contributed by atoms with Crippen LogP contribution in [-0.4, -0.2) is 24.2 Å². The maximum atomic E-state index is 11.4. The van der Waals surface area contributed by atoms with Crippen molar-refractivity contribution in [1.29, 1.82) is 0 Å². The van der Waals surface area contributed by atoms with Crippen molar-refractivity contribution in [1.82, 2.24) is 0 Å². The summed E-state index contributed by atoms with van der Waals surface area (Å²) in [6.45, 7) is 6.20. The second-order valence-corrected chi connectivity index (χ2v) is 5.74. The molecule has 0 aliphatic heterocycles. The van der Waals surface area contributed by atoms with Gasteiger partial charge in [0.05, 0.1) is 6.61 Å². The quantitative estimate of drug-likeness (QED) is 0.587. The van der Waals surface area contributed by atoms with Gasteiger partial charge < -0.3 is 10.5 Å². The van der Waals surface area contributed by atoms with Crippen LogP contribution in [0, 0.1) is 0 Å². The summed E-state index contributed by atoms with van der Waals surface area (Å²) in [5.41, 5.74) is 7.56. The number of thioether (sulfide) groups is 1. The maximum Gasteiger partial charge on any atom is 0.159 e. The van der Waals surface area contributed by atoms with Crippen molar-refractivity contribution in [2.24, 2.45) is 5.73 Å². The van der Waals surface area contributed by atoms with Crippen LogP contribution < -0.4 is 10.5 Å². The largest absolute Gasteiger partial charge is 0.494 e. The van der Waals surface area contributed by atoms with Crippen LogP contribution >= 0.6 is 11.8 Å². The minimum Gasteiger partial charge on any atom is -0.494 e. The van der Waals surface area contributed by atoms with Crippen LogP contribution in [0.1, 0.15) is 43.1 Å². The molecule has 0 saturated carbocycles. The summed E-state index contributed by atoms with van der Waals surface area (Å²) in [4.78, 5) is 11.4. The standard InChI is InChI=1S/C15H23NO2S/c1-4-18-15-6-5-13(12(3)17)9-14(15)10-19-8-7-11(2)16/h5-6,9,11H,4,7-8,10,16H2,1-3H3. The summed E-state index contributed by atoms with van der Waals surface area (Å²) in [6, 6.07) is 5.89. The summed E-state index contributed by atoms with van der Waals surface area (Å²) in [6.07, 6.45) is 1.00. The number of benzene rings is 1. The summed E-state index contributed by atoms with van der Waals surface area (Å²) in [7, 11) is 0. The second kappa shape index (κ2) is 8.23. The zero-order chi connectivity index (χ0) is 14.3. The fourth-order valence-electron chi connectivity index (χ4n) is 1.66. The molecule has 1 atom stereocenters. The first kappa shape index (κ1) is 16.1. The van der Waals surface area contributed by atoms with Gasteiger partial charge in [-0.25, -0.2) is 0 Å². The van der Waals surface area contributed by atoms with Gasteiger partial charge in [0.25, 0.3) is 0 Å². The summed E-state index contributed by atoms with van der Waals surface area (Å²) >= 11 is 1.82. The SMILES string of the molecule is CCOc1ccc(C(C)=O)cc1CSCCC(C)N. The van der Waals surface area contributed by atoms with E-state index in [9.17, 15) is 4.79 Å². The molecule has 1 rings (SSSR count). The number of ketones is 1. The van der Waals surface area contributed by atoms with E-state index in [1.165, 1.54) is 0 Å². The van der Waals surface area contributed by atoms with Crippen LogP contribution in [0.2, 0.25) is 0 Å². The monoisotopic (exact) mass is 281 g/mol. The van der Waals surface area contributed by atoms with E-state index in [0.29, 0.717) is 6.61 Å². The Balaban J connectivity index is 2.71.